The summed E-state index contributed by atoms with van der Waals surface area (Å²) in [5.74, 6) is -0.00888. The molecule has 1 heterocycles. The Labute approximate surface area is 194 Å². The number of morpholine rings is 1. The number of ether oxygens (including phenoxy) is 1. The standard InChI is InChI=1S/C26H32FN3O3/c27-21-11-9-19(10-12-21)22-18-24(22)28-13-5-4-8-23(26(32)30-14-16-33-17-15-30)29-25(31)20-6-2-1-3-7-20/h1-3,6-7,9-12,22-24,28H,4-5,8,13-18H2,(H,29,31)/t22-,23?,24+/m0/s1. The predicted molar refractivity (Wildman–Crippen MR) is 124 cm³/mol. The van der Waals surface area contributed by atoms with E-state index in [1.165, 1.54) is 17.7 Å². The molecule has 4 rings (SSSR count). The van der Waals surface area contributed by atoms with E-state index in [4.69, 9.17) is 4.74 Å². The maximum absolute atomic E-state index is 13.1. The van der Waals surface area contributed by atoms with Crippen LogP contribution < -0.4 is 10.6 Å². The monoisotopic (exact) mass is 453 g/mol. The van der Waals surface area contributed by atoms with Crippen LogP contribution in [0.15, 0.2) is 54.6 Å². The molecule has 1 aliphatic heterocycles. The first-order chi connectivity index (χ1) is 16.1. The molecule has 0 spiro atoms. The molecule has 2 aromatic carbocycles. The second-order valence-corrected chi connectivity index (χ2v) is 8.78. The van der Waals surface area contributed by atoms with Crippen molar-refractivity contribution in [1.29, 1.82) is 0 Å². The number of nitrogens with one attached hydrogen (secondary N) is 2. The average molecular weight is 454 g/mol. The first-order valence-electron chi connectivity index (χ1n) is 11.8. The van der Waals surface area contributed by atoms with E-state index in [2.05, 4.69) is 10.6 Å². The Kier molecular flexibility index (Phi) is 8.07. The van der Waals surface area contributed by atoms with Crippen LogP contribution in [-0.2, 0) is 9.53 Å². The average Bonchev–Trinajstić information content (AvgIpc) is 3.63. The maximum atomic E-state index is 13.1. The van der Waals surface area contributed by atoms with Gasteiger partial charge in [-0.1, -0.05) is 30.3 Å². The van der Waals surface area contributed by atoms with E-state index < -0.39 is 6.04 Å². The Hall–Kier alpha value is -2.77. The zero-order valence-electron chi connectivity index (χ0n) is 18.8. The van der Waals surface area contributed by atoms with Gasteiger partial charge in [-0.25, -0.2) is 4.39 Å². The number of unbranched alkanes of at least 4 members (excludes halogenated alkanes) is 1. The van der Waals surface area contributed by atoms with Gasteiger partial charge in [0, 0.05) is 30.6 Å². The Morgan fingerprint density at radius 3 is 2.48 bits per heavy atom. The summed E-state index contributed by atoms with van der Waals surface area (Å²) in [6.07, 6.45) is 3.41. The number of halogens is 1. The molecular formula is C26H32FN3O3. The molecule has 7 heteroatoms. The smallest absolute Gasteiger partial charge is 0.251 e. The highest BCUT2D eigenvalue weighted by atomic mass is 19.1. The first kappa shape index (κ1) is 23.4. The van der Waals surface area contributed by atoms with E-state index in [1.54, 1.807) is 17.0 Å². The van der Waals surface area contributed by atoms with Gasteiger partial charge >= 0.3 is 0 Å². The van der Waals surface area contributed by atoms with Gasteiger partial charge in [0.25, 0.3) is 5.91 Å². The lowest BCUT2D eigenvalue weighted by molar-refractivity contribution is -0.137. The lowest BCUT2D eigenvalue weighted by atomic mass is 10.1. The van der Waals surface area contributed by atoms with Crippen molar-refractivity contribution in [3.05, 3.63) is 71.5 Å². The van der Waals surface area contributed by atoms with E-state index >= 15 is 0 Å². The van der Waals surface area contributed by atoms with Gasteiger partial charge in [0.05, 0.1) is 13.2 Å². The van der Waals surface area contributed by atoms with Crippen molar-refractivity contribution in [2.75, 3.05) is 32.8 Å². The summed E-state index contributed by atoms with van der Waals surface area (Å²) in [6, 6.07) is 15.6. The van der Waals surface area contributed by atoms with Crippen molar-refractivity contribution < 1.29 is 18.7 Å². The summed E-state index contributed by atoms with van der Waals surface area (Å²) in [7, 11) is 0. The van der Waals surface area contributed by atoms with Crippen molar-refractivity contribution in [1.82, 2.24) is 15.5 Å². The molecule has 33 heavy (non-hydrogen) atoms. The molecule has 1 aliphatic carbocycles. The van der Waals surface area contributed by atoms with E-state index in [9.17, 15) is 14.0 Å². The number of benzene rings is 2. The number of nitrogens with zero attached hydrogens (tertiary/aromatic N) is 1. The van der Waals surface area contributed by atoms with Crippen molar-refractivity contribution in [2.24, 2.45) is 0 Å². The minimum atomic E-state index is -0.538. The summed E-state index contributed by atoms with van der Waals surface area (Å²) in [4.78, 5) is 27.5. The topological polar surface area (TPSA) is 70.7 Å². The molecule has 1 saturated carbocycles. The van der Waals surface area contributed by atoms with Crippen molar-refractivity contribution >= 4 is 11.8 Å². The number of carbonyl (C=O) groups excluding carboxylic acids is 2. The molecular weight excluding hydrogens is 421 g/mol. The van der Waals surface area contributed by atoms with Crippen LogP contribution in [0.4, 0.5) is 4.39 Å². The Morgan fingerprint density at radius 1 is 1.03 bits per heavy atom. The summed E-state index contributed by atoms with van der Waals surface area (Å²) in [6.45, 7) is 3.04. The third kappa shape index (κ3) is 6.62. The summed E-state index contributed by atoms with van der Waals surface area (Å²) in [5, 5.41) is 6.51. The number of hydrogen-bond donors (Lipinski definition) is 2. The minimum absolute atomic E-state index is 0.0332. The number of hydrogen-bond acceptors (Lipinski definition) is 4. The van der Waals surface area contributed by atoms with Crippen LogP contribution in [0.1, 0.15) is 47.5 Å². The fourth-order valence-electron chi connectivity index (χ4n) is 4.35. The molecule has 176 valence electrons. The highest BCUT2D eigenvalue weighted by Crippen LogP contribution is 2.40. The van der Waals surface area contributed by atoms with E-state index in [0.717, 1.165) is 25.8 Å². The molecule has 0 bridgehead atoms. The Morgan fingerprint density at radius 2 is 1.76 bits per heavy atom. The van der Waals surface area contributed by atoms with Crippen LogP contribution in [0.25, 0.3) is 0 Å². The molecule has 6 nitrogen and oxygen atoms in total. The molecule has 1 saturated heterocycles. The lowest BCUT2D eigenvalue weighted by Crippen LogP contribution is -2.51. The van der Waals surface area contributed by atoms with Crippen molar-refractivity contribution in [2.45, 2.75) is 43.7 Å². The largest absolute Gasteiger partial charge is 0.378 e. The highest BCUT2D eigenvalue weighted by Gasteiger charge is 2.37. The zero-order valence-corrected chi connectivity index (χ0v) is 18.8. The molecule has 1 unspecified atom stereocenters. The quantitative estimate of drug-likeness (QED) is 0.543. The fourth-order valence-corrected chi connectivity index (χ4v) is 4.35. The van der Waals surface area contributed by atoms with Gasteiger partial charge in [-0.15, -0.1) is 0 Å². The summed E-state index contributed by atoms with van der Waals surface area (Å²) >= 11 is 0. The number of carbonyl (C=O) groups is 2. The molecule has 2 aliphatic rings. The molecule has 3 atom stereocenters. The molecule has 0 aromatic heterocycles. The van der Waals surface area contributed by atoms with Crippen LogP contribution in [0.5, 0.6) is 0 Å². The van der Waals surface area contributed by atoms with Gasteiger partial charge in [-0.2, -0.15) is 0 Å². The molecule has 2 amide bonds. The van der Waals surface area contributed by atoms with Crippen LogP contribution in [0.2, 0.25) is 0 Å². The second-order valence-electron chi connectivity index (χ2n) is 8.78. The van der Waals surface area contributed by atoms with E-state index in [-0.39, 0.29) is 17.6 Å². The third-order valence-electron chi connectivity index (χ3n) is 6.38. The SMILES string of the molecule is O=C(NC(CCCCN[C@@H]1C[C@H]1c1ccc(F)cc1)C(=O)N1CCOCC1)c1ccccc1. The van der Waals surface area contributed by atoms with E-state index in [1.807, 2.05) is 30.3 Å². The minimum Gasteiger partial charge on any atom is -0.378 e. The zero-order chi connectivity index (χ0) is 23.0. The van der Waals surface area contributed by atoms with Crippen molar-refractivity contribution in [3.63, 3.8) is 0 Å². The van der Waals surface area contributed by atoms with Crippen molar-refractivity contribution in [3.8, 4) is 0 Å². The van der Waals surface area contributed by atoms with Gasteiger partial charge in [0.2, 0.25) is 5.91 Å². The number of amides is 2. The van der Waals surface area contributed by atoms with Gasteiger partial charge in [0.15, 0.2) is 0 Å². The van der Waals surface area contributed by atoms with Crippen LogP contribution in [-0.4, -0.2) is 61.6 Å². The Balaban J connectivity index is 1.24. The predicted octanol–water partition coefficient (Wildman–Crippen LogP) is 3.10. The highest BCUT2D eigenvalue weighted by molar-refractivity contribution is 5.97. The van der Waals surface area contributed by atoms with Gasteiger partial charge in [0.1, 0.15) is 11.9 Å². The Bertz CT molecular complexity index is 916. The third-order valence-corrected chi connectivity index (χ3v) is 6.38. The van der Waals surface area contributed by atoms with Gasteiger partial charge in [-0.05, 0) is 62.1 Å². The fraction of sp³-hybridized carbons (Fsp3) is 0.462. The molecule has 2 aromatic rings. The van der Waals surface area contributed by atoms with Crippen LogP contribution >= 0.6 is 0 Å². The number of rotatable bonds is 10. The lowest BCUT2D eigenvalue weighted by Gasteiger charge is -2.30. The molecule has 0 radical (unpaired) electrons. The van der Waals surface area contributed by atoms with Gasteiger partial charge < -0.3 is 20.3 Å². The normalized spacial score (nSPS) is 20.8. The van der Waals surface area contributed by atoms with Crippen LogP contribution in [0.3, 0.4) is 0 Å². The van der Waals surface area contributed by atoms with E-state index in [0.29, 0.717) is 50.2 Å². The van der Waals surface area contributed by atoms with Crippen LogP contribution in [0, 0.1) is 5.82 Å². The second kappa shape index (κ2) is 11.4. The molecule has 2 fully saturated rings. The summed E-state index contributed by atoms with van der Waals surface area (Å²) in [5.41, 5.74) is 1.73. The molecule has 2 N–H and O–H groups in total. The first-order valence-corrected chi connectivity index (χ1v) is 11.8. The maximum Gasteiger partial charge on any atom is 0.251 e. The summed E-state index contributed by atoms with van der Waals surface area (Å²) < 4.78 is 18.5. The van der Waals surface area contributed by atoms with Gasteiger partial charge in [-0.3, -0.25) is 9.59 Å².